The molecule has 0 aliphatic rings. The van der Waals surface area contributed by atoms with Crippen LogP contribution in [0.15, 0.2) is 66.7 Å². The van der Waals surface area contributed by atoms with Crippen molar-refractivity contribution in [2.24, 2.45) is 0 Å². The summed E-state index contributed by atoms with van der Waals surface area (Å²) < 4.78 is 0. The van der Waals surface area contributed by atoms with Crippen LogP contribution in [0, 0.1) is 11.3 Å². The van der Waals surface area contributed by atoms with Crippen molar-refractivity contribution in [3.05, 3.63) is 78.0 Å². The largest absolute Gasteiger partial charge is 0.251 e. The highest BCUT2D eigenvalue weighted by Crippen LogP contribution is 2.30. The molecule has 2 nitrogen and oxygen atoms in total. The Morgan fingerprint density at radius 1 is 0.900 bits per heavy atom. The van der Waals surface area contributed by atoms with Crippen LogP contribution >= 0.6 is 0 Å². The van der Waals surface area contributed by atoms with Crippen LogP contribution in [0.3, 0.4) is 0 Å². The van der Waals surface area contributed by atoms with E-state index in [0.717, 1.165) is 22.2 Å². The third-order valence-electron chi connectivity index (χ3n) is 3.69. The van der Waals surface area contributed by atoms with Crippen molar-refractivity contribution in [1.29, 1.82) is 5.26 Å². The van der Waals surface area contributed by atoms with Gasteiger partial charge in [-0.15, -0.1) is 0 Å². The smallest absolute Gasteiger partial charge is 0.121 e. The molecule has 2 heteroatoms. The van der Waals surface area contributed by atoms with E-state index in [2.05, 4.69) is 11.1 Å². The number of nitrogens with zero attached hydrogens (tertiary/aromatic N) is 2. The third-order valence-corrected chi connectivity index (χ3v) is 3.69. The fraction of sp³-hybridized carbons (Fsp3) is 0.111. The van der Waals surface area contributed by atoms with Gasteiger partial charge < -0.3 is 0 Å². The second-order valence-corrected chi connectivity index (χ2v) is 4.99. The van der Waals surface area contributed by atoms with Crippen LogP contribution in [0.4, 0.5) is 0 Å². The van der Waals surface area contributed by atoms with Crippen LogP contribution < -0.4 is 0 Å². The summed E-state index contributed by atoms with van der Waals surface area (Å²) in [6.07, 6.45) is 0. The minimum Gasteiger partial charge on any atom is -0.251 e. The predicted molar refractivity (Wildman–Crippen MR) is 80.3 cm³/mol. The first-order valence-electron chi connectivity index (χ1n) is 6.57. The van der Waals surface area contributed by atoms with Crippen LogP contribution in [-0.2, 0) is 5.41 Å². The molecule has 0 radical (unpaired) electrons. The molecule has 3 aromatic rings. The molecule has 0 saturated heterocycles. The molecular weight excluding hydrogens is 244 g/mol. The zero-order valence-electron chi connectivity index (χ0n) is 11.2. The number of pyridine rings is 1. The van der Waals surface area contributed by atoms with Gasteiger partial charge in [-0.3, -0.25) is 4.98 Å². The number of benzene rings is 2. The van der Waals surface area contributed by atoms with Gasteiger partial charge in [-0.1, -0.05) is 54.6 Å². The molecule has 1 aromatic heterocycles. The van der Waals surface area contributed by atoms with E-state index in [1.807, 2.05) is 73.7 Å². The fourth-order valence-electron chi connectivity index (χ4n) is 2.39. The van der Waals surface area contributed by atoms with Gasteiger partial charge in [0, 0.05) is 5.39 Å². The zero-order valence-corrected chi connectivity index (χ0v) is 11.2. The van der Waals surface area contributed by atoms with Gasteiger partial charge in [-0.2, -0.15) is 5.26 Å². The van der Waals surface area contributed by atoms with Crippen molar-refractivity contribution in [1.82, 2.24) is 4.98 Å². The lowest BCUT2D eigenvalue weighted by Gasteiger charge is -2.21. The van der Waals surface area contributed by atoms with E-state index in [1.54, 1.807) is 0 Å². The summed E-state index contributed by atoms with van der Waals surface area (Å²) in [6, 6.07) is 24.1. The van der Waals surface area contributed by atoms with Crippen LogP contribution in [0.25, 0.3) is 10.9 Å². The van der Waals surface area contributed by atoms with Gasteiger partial charge >= 0.3 is 0 Å². The van der Waals surface area contributed by atoms with Crippen molar-refractivity contribution in [3.63, 3.8) is 0 Å². The quantitative estimate of drug-likeness (QED) is 0.695. The normalized spacial score (nSPS) is 13.6. The molecule has 2 aromatic carbocycles. The highest BCUT2D eigenvalue weighted by atomic mass is 14.7. The summed E-state index contributed by atoms with van der Waals surface area (Å²) in [4.78, 5) is 4.67. The SMILES string of the molecule is CC(C#N)(c1ccccc1)c1ccc2ccccc2n1. The average molecular weight is 258 g/mol. The van der Waals surface area contributed by atoms with Gasteiger partial charge in [0.25, 0.3) is 0 Å². The van der Waals surface area contributed by atoms with E-state index in [0.29, 0.717) is 0 Å². The van der Waals surface area contributed by atoms with Crippen LogP contribution in [0.5, 0.6) is 0 Å². The van der Waals surface area contributed by atoms with E-state index >= 15 is 0 Å². The highest BCUT2D eigenvalue weighted by molar-refractivity contribution is 5.78. The minimum atomic E-state index is -0.731. The van der Waals surface area contributed by atoms with E-state index in [9.17, 15) is 5.26 Å². The number of hydrogen-bond donors (Lipinski definition) is 0. The molecule has 3 rings (SSSR count). The molecular formula is C18H14N2. The van der Waals surface area contributed by atoms with Gasteiger partial charge in [-0.25, -0.2) is 0 Å². The van der Waals surface area contributed by atoms with Crippen molar-refractivity contribution >= 4 is 10.9 Å². The maximum Gasteiger partial charge on any atom is 0.121 e. The topological polar surface area (TPSA) is 36.7 Å². The second-order valence-electron chi connectivity index (χ2n) is 4.99. The van der Waals surface area contributed by atoms with Crippen molar-refractivity contribution in [2.45, 2.75) is 12.3 Å². The lowest BCUT2D eigenvalue weighted by molar-refractivity contribution is 0.714. The van der Waals surface area contributed by atoms with E-state index < -0.39 is 5.41 Å². The molecule has 0 fully saturated rings. The van der Waals surface area contributed by atoms with Crippen molar-refractivity contribution in [3.8, 4) is 6.07 Å². The Hall–Kier alpha value is -2.66. The van der Waals surface area contributed by atoms with Crippen molar-refractivity contribution in [2.75, 3.05) is 0 Å². The number of fused-ring (bicyclic) bond motifs is 1. The molecule has 20 heavy (non-hydrogen) atoms. The van der Waals surface area contributed by atoms with E-state index in [4.69, 9.17) is 0 Å². The molecule has 0 aliphatic carbocycles. The molecule has 0 spiro atoms. The maximum atomic E-state index is 9.67. The zero-order chi connectivity index (χ0) is 14.0. The summed E-state index contributed by atoms with van der Waals surface area (Å²) in [5, 5.41) is 10.8. The molecule has 0 amide bonds. The number of aromatic nitrogens is 1. The molecule has 0 N–H and O–H groups in total. The Labute approximate surface area is 118 Å². The van der Waals surface area contributed by atoms with E-state index in [1.165, 1.54) is 0 Å². The standard InChI is InChI=1S/C18H14N2/c1-18(13-19,15-8-3-2-4-9-15)17-12-11-14-7-5-6-10-16(14)20-17/h2-12H,1H3. The number of hydrogen-bond acceptors (Lipinski definition) is 2. The first-order chi connectivity index (χ1) is 9.74. The van der Waals surface area contributed by atoms with Crippen LogP contribution in [-0.4, -0.2) is 4.98 Å². The third kappa shape index (κ3) is 1.94. The number of rotatable bonds is 2. The number of nitriles is 1. The van der Waals surface area contributed by atoms with Crippen LogP contribution in [0.2, 0.25) is 0 Å². The Kier molecular flexibility index (Phi) is 2.96. The minimum absolute atomic E-state index is 0.731. The first kappa shape index (κ1) is 12.4. The molecule has 96 valence electrons. The molecule has 1 heterocycles. The van der Waals surface area contributed by atoms with Gasteiger partial charge in [0.2, 0.25) is 0 Å². The molecule has 0 aliphatic heterocycles. The summed E-state index contributed by atoms with van der Waals surface area (Å²) in [7, 11) is 0. The summed E-state index contributed by atoms with van der Waals surface area (Å²) in [5.74, 6) is 0. The second kappa shape index (κ2) is 4.79. The van der Waals surface area contributed by atoms with Gasteiger partial charge in [0.1, 0.15) is 5.41 Å². The maximum absolute atomic E-state index is 9.67. The molecule has 1 atom stereocenters. The molecule has 0 saturated carbocycles. The van der Waals surface area contributed by atoms with E-state index in [-0.39, 0.29) is 0 Å². The van der Waals surface area contributed by atoms with Gasteiger partial charge in [0.15, 0.2) is 0 Å². The average Bonchev–Trinajstić information content (AvgIpc) is 2.54. The Morgan fingerprint density at radius 3 is 2.35 bits per heavy atom. The number of para-hydroxylation sites is 1. The van der Waals surface area contributed by atoms with Crippen LogP contribution in [0.1, 0.15) is 18.2 Å². The lowest BCUT2D eigenvalue weighted by Crippen LogP contribution is -2.22. The van der Waals surface area contributed by atoms with Crippen molar-refractivity contribution < 1.29 is 0 Å². The van der Waals surface area contributed by atoms with Gasteiger partial charge in [0.05, 0.1) is 17.3 Å². The summed E-state index contributed by atoms with van der Waals surface area (Å²) in [6.45, 7) is 1.92. The lowest BCUT2D eigenvalue weighted by atomic mass is 9.80. The predicted octanol–water partition coefficient (Wildman–Crippen LogP) is 4.06. The Bertz CT molecular complexity index is 787. The highest BCUT2D eigenvalue weighted by Gasteiger charge is 2.30. The summed E-state index contributed by atoms with van der Waals surface area (Å²) in [5.41, 5.74) is 1.93. The molecule has 1 unspecified atom stereocenters. The summed E-state index contributed by atoms with van der Waals surface area (Å²) >= 11 is 0. The van der Waals surface area contributed by atoms with Gasteiger partial charge in [-0.05, 0) is 24.6 Å². The first-order valence-corrected chi connectivity index (χ1v) is 6.57. The fourth-order valence-corrected chi connectivity index (χ4v) is 2.39. The monoisotopic (exact) mass is 258 g/mol. The Balaban J connectivity index is 2.19. The molecule has 0 bridgehead atoms. The Morgan fingerprint density at radius 2 is 1.60 bits per heavy atom.